The molecule has 6 aromatic rings. The van der Waals surface area contributed by atoms with Gasteiger partial charge in [0.1, 0.15) is 11.5 Å². The van der Waals surface area contributed by atoms with E-state index < -0.39 is 5.82 Å². The summed E-state index contributed by atoms with van der Waals surface area (Å²) in [5, 5.41) is 12.4. The van der Waals surface area contributed by atoms with E-state index >= 15 is 4.39 Å². The molecule has 0 unspecified atom stereocenters. The number of pyridine rings is 2. The van der Waals surface area contributed by atoms with E-state index in [0.29, 0.717) is 51.3 Å². The molecule has 3 N–H and O–H groups in total. The molecular formula is C27H22FN7OS. The van der Waals surface area contributed by atoms with Crippen molar-refractivity contribution >= 4 is 45.0 Å². The summed E-state index contributed by atoms with van der Waals surface area (Å²) >= 11 is 1.62. The van der Waals surface area contributed by atoms with Crippen LogP contribution >= 0.6 is 11.3 Å². The minimum atomic E-state index is -0.458. The fourth-order valence-electron chi connectivity index (χ4n) is 4.37. The Bertz CT molecular complexity index is 1750. The number of carbonyl (C=O) groups excluding carboxylic acids is 1. The standard InChI is InChI=1S/C27H22FN7OS/c1-14(2)10-21(36)31-16-11-15(12-29-13-16)17-5-6-19-22(23(17)28)25(35-34-19)27-32-24-18(20-4-3-9-37-20)7-8-30-26(24)33-27/h3-9,11-14H,10H2,1-2H3,(H,31,36)(H,34,35)(H,30,32,33). The lowest BCUT2D eigenvalue weighted by Crippen LogP contribution is -2.14. The zero-order chi connectivity index (χ0) is 25.5. The van der Waals surface area contributed by atoms with E-state index in [9.17, 15) is 4.79 Å². The molecule has 5 aromatic heterocycles. The molecule has 10 heteroatoms. The van der Waals surface area contributed by atoms with Crippen molar-refractivity contribution in [3.05, 3.63) is 66.2 Å². The number of nitrogens with one attached hydrogen (secondary N) is 3. The Balaban J connectivity index is 1.42. The second-order valence-corrected chi connectivity index (χ2v) is 10.1. The molecule has 5 heterocycles. The molecule has 0 aliphatic rings. The Morgan fingerprint density at radius 1 is 1.16 bits per heavy atom. The minimum Gasteiger partial charge on any atom is -0.335 e. The maximum absolute atomic E-state index is 16.0. The number of fused-ring (bicyclic) bond motifs is 2. The number of imidazole rings is 1. The molecule has 184 valence electrons. The number of rotatable bonds is 6. The van der Waals surface area contributed by atoms with Gasteiger partial charge in [-0.15, -0.1) is 11.3 Å². The summed E-state index contributed by atoms with van der Waals surface area (Å²) in [5.74, 6) is 0.0787. The fraction of sp³-hybridized carbons (Fsp3) is 0.148. The molecular weight excluding hydrogens is 489 g/mol. The molecule has 8 nitrogen and oxygen atoms in total. The van der Waals surface area contributed by atoms with Crippen molar-refractivity contribution in [2.45, 2.75) is 20.3 Å². The molecule has 0 spiro atoms. The Hall–Kier alpha value is -4.44. The predicted octanol–water partition coefficient (Wildman–Crippen LogP) is 6.42. The summed E-state index contributed by atoms with van der Waals surface area (Å²) in [7, 11) is 0. The van der Waals surface area contributed by atoms with Crippen LogP contribution in [0.1, 0.15) is 20.3 Å². The number of nitrogens with zero attached hydrogens (tertiary/aromatic N) is 4. The van der Waals surface area contributed by atoms with E-state index in [2.05, 4.69) is 35.5 Å². The monoisotopic (exact) mass is 511 g/mol. The van der Waals surface area contributed by atoms with Gasteiger partial charge in [0.15, 0.2) is 11.5 Å². The normalized spacial score (nSPS) is 11.6. The number of benzene rings is 1. The SMILES string of the molecule is CC(C)CC(=O)Nc1cncc(-c2ccc3[nH]nc(-c4nc5nccc(-c6cccs6)c5[nH]4)c3c2F)c1. The van der Waals surface area contributed by atoms with Crippen molar-refractivity contribution in [3.63, 3.8) is 0 Å². The lowest BCUT2D eigenvalue weighted by atomic mass is 10.0. The third kappa shape index (κ3) is 4.25. The summed E-state index contributed by atoms with van der Waals surface area (Å²) in [4.78, 5) is 29.8. The highest BCUT2D eigenvalue weighted by atomic mass is 32.1. The number of thiophene rings is 1. The number of aromatic amines is 2. The van der Waals surface area contributed by atoms with Crippen LogP contribution < -0.4 is 5.32 Å². The molecule has 1 amide bonds. The first-order valence-corrected chi connectivity index (χ1v) is 12.7. The summed E-state index contributed by atoms with van der Waals surface area (Å²) in [6.07, 6.45) is 5.22. The van der Waals surface area contributed by atoms with Gasteiger partial charge < -0.3 is 10.3 Å². The molecule has 0 saturated carbocycles. The van der Waals surface area contributed by atoms with Gasteiger partial charge in [0.05, 0.1) is 28.3 Å². The summed E-state index contributed by atoms with van der Waals surface area (Å²) in [6, 6.07) is 11.1. The number of hydrogen-bond acceptors (Lipinski definition) is 6. The van der Waals surface area contributed by atoms with Crippen molar-refractivity contribution in [3.8, 4) is 33.1 Å². The molecule has 0 fully saturated rings. The zero-order valence-corrected chi connectivity index (χ0v) is 20.9. The van der Waals surface area contributed by atoms with Crippen LogP contribution in [-0.4, -0.2) is 36.0 Å². The number of amides is 1. The Morgan fingerprint density at radius 2 is 2.05 bits per heavy atom. The van der Waals surface area contributed by atoms with Crippen LogP contribution in [0.15, 0.2) is 60.4 Å². The van der Waals surface area contributed by atoms with E-state index in [-0.39, 0.29) is 11.8 Å². The average Bonchev–Trinajstić information content (AvgIpc) is 3.62. The Labute approximate surface area is 215 Å². The molecule has 0 aliphatic carbocycles. The highest BCUT2D eigenvalue weighted by Crippen LogP contribution is 2.36. The summed E-state index contributed by atoms with van der Waals surface area (Å²) in [6.45, 7) is 3.95. The van der Waals surface area contributed by atoms with Gasteiger partial charge in [-0.1, -0.05) is 19.9 Å². The van der Waals surface area contributed by atoms with E-state index in [0.717, 1.165) is 16.0 Å². The van der Waals surface area contributed by atoms with Crippen molar-refractivity contribution in [2.75, 3.05) is 5.32 Å². The number of carbonyl (C=O) groups is 1. The molecule has 1 aromatic carbocycles. The van der Waals surface area contributed by atoms with Gasteiger partial charge in [-0.2, -0.15) is 5.10 Å². The first kappa shape index (κ1) is 23.0. The summed E-state index contributed by atoms with van der Waals surface area (Å²) < 4.78 is 16.0. The van der Waals surface area contributed by atoms with Crippen LogP contribution in [0.3, 0.4) is 0 Å². The molecule has 0 bridgehead atoms. The number of halogens is 1. The largest absolute Gasteiger partial charge is 0.335 e. The topological polar surface area (TPSA) is 112 Å². The number of hydrogen-bond donors (Lipinski definition) is 3. The van der Waals surface area contributed by atoms with Crippen LogP contribution in [-0.2, 0) is 4.79 Å². The zero-order valence-electron chi connectivity index (χ0n) is 20.0. The maximum Gasteiger partial charge on any atom is 0.224 e. The Morgan fingerprint density at radius 3 is 2.86 bits per heavy atom. The van der Waals surface area contributed by atoms with Gasteiger partial charge >= 0.3 is 0 Å². The molecule has 0 saturated heterocycles. The molecule has 37 heavy (non-hydrogen) atoms. The summed E-state index contributed by atoms with van der Waals surface area (Å²) in [5.41, 5.74) is 4.57. The molecule has 6 rings (SSSR count). The van der Waals surface area contributed by atoms with Gasteiger partial charge in [0, 0.05) is 40.4 Å². The van der Waals surface area contributed by atoms with Crippen LogP contribution in [0, 0.1) is 11.7 Å². The van der Waals surface area contributed by atoms with Gasteiger partial charge in [-0.25, -0.2) is 14.4 Å². The highest BCUT2D eigenvalue weighted by Gasteiger charge is 2.21. The lowest BCUT2D eigenvalue weighted by molar-refractivity contribution is -0.116. The van der Waals surface area contributed by atoms with E-state index in [1.807, 2.05) is 37.4 Å². The van der Waals surface area contributed by atoms with Crippen LogP contribution in [0.2, 0.25) is 0 Å². The lowest BCUT2D eigenvalue weighted by Gasteiger charge is -2.09. The second kappa shape index (κ2) is 9.21. The van der Waals surface area contributed by atoms with Crippen molar-refractivity contribution < 1.29 is 9.18 Å². The van der Waals surface area contributed by atoms with Gasteiger partial charge in [0.25, 0.3) is 0 Å². The van der Waals surface area contributed by atoms with Crippen molar-refractivity contribution in [1.82, 2.24) is 30.1 Å². The first-order chi connectivity index (χ1) is 18.0. The average molecular weight is 512 g/mol. The first-order valence-electron chi connectivity index (χ1n) is 11.8. The van der Waals surface area contributed by atoms with Crippen molar-refractivity contribution in [2.24, 2.45) is 5.92 Å². The number of anilines is 1. The smallest absolute Gasteiger partial charge is 0.224 e. The molecule has 0 aliphatic heterocycles. The maximum atomic E-state index is 16.0. The van der Waals surface area contributed by atoms with E-state index in [4.69, 9.17) is 0 Å². The van der Waals surface area contributed by atoms with Crippen LogP contribution in [0.25, 0.3) is 55.2 Å². The quantitative estimate of drug-likeness (QED) is 0.239. The minimum absolute atomic E-state index is 0.109. The molecule has 0 atom stereocenters. The van der Waals surface area contributed by atoms with Gasteiger partial charge in [-0.3, -0.25) is 14.9 Å². The Kier molecular flexibility index (Phi) is 5.72. The predicted molar refractivity (Wildman–Crippen MR) is 144 cm³/mol. The third-order valence-electron chi connectivity index (χ3n) is 6.00. The molecule has 0 radical (unpaired) electrons. The van der Waals surface area contributed by atoms with Crippen molar-refractivity contribution in [1.29, 1.82) is 0 Å². The number of aromatic nitrogens is 6. The van der Waals surface area contributed by atoms with Crippen LogP contribution in [0.4, 0.5) is 10.1 Å². The van der Waals surface area contributed by atoms with Crippen LogP contribution in [0.5, 0.6) is 0 Å². The second-order valence-electron chi connectivity index (χ2n) is 9.15. The van der Waals surface area contributed by atoms with E-state index in [1.165, 1.54) is 0 Å². The van der Waals surface area contributed by atoms with E-state index in [1.54, 1.807) is 48.1 Å². The highest BCUT2D eigenvalue weighted by molar-refractivity contribution is 7.13. The number of H-pyrrole nitrogens is 2. The third-order valence-corrected chi connectivity index (χ3v) is 6.90. The van der Waals surface area contributed by atoms with Gasteiger partial charge in [-0.05, 0) is 41.6 Å². The fourth-order valence-corrected chi connectivity index (χ4v) is 5.12. The van der Waals surface area contributed by atoms with Gasteiger partial charge in [0.2, 0.25) is 5.91 Å².